The summed E-state index contributed by atoms with van der Waals surface area (Å²) in [5.41, 5.74) is 0.465. The van der Waals surface area contributed by atoms with Gasteiger partial charge in [0, 0.05) is 6.61 Å². The van der Waals surface area contributed by atoms with Crippen molar-refractivity contribution in [1.82, 2.24) is 4.57 Å². The summed E-state index contributed by atoms with van der Waals surface area (Å²) in [5, 5.41) is 0. The van der Waals surface area contributed by atoms with Crippen LogP contribution in [0.3, 0.4) is 0 Å². The molecule has 1 aliphatic heterocycles. The first-order chi connectivity index (χ1) is 5.01. The Balaban J connectivity index is 2.46. The van der Waals surface area contributed by atoms with Crippen LogP contribution in [0.1, 0.15) is 13.8 Å². The lowest BCUT2D eigenvalue weighted by Crippen LogP contribution is -2.48. The van der Waals surface area contributed by atoms with Crippen LogP contribution in [0.15, 0.2) is 0 Å². The van der Waals surface area contributed by atoms with E-state index in [9.17, 15) is 0 Å². The van der Waals surface area contributed by atoms with Gasteiger partial charge in [-0.25, -0.2) is 0 Å². The Morgan fingerprint density at radius 3 is 2.45 bits per heavy atom. The zero-order chi connectivity index (χ0) is 8.48. The Hall–Kier alpha value is 0.354. The summed E-state index contributed by atoms with van der Waals surface area (Å²) in [7, 11) is 3.73. The molecule has 0 amide bonds. The van der Waals surface area contributed by atoms with E-state index in [1.54, 1.807) is 0 Å². The molecule has 0 aromatic carbocycles. The van der Waals surface area contributed by atoms with Gasteiger partial charge in [-0.15, -0.1) is 0 Å². The van der Waals surface area contributed by atoms with Gasteiger partial charge in [0.05, 0.1) is 0 Å². The third kappa shape index (κ3) is 2.70. The van der Waals surface area contributed by atoms with Gasteiger partial charge in [0.2, 0.25) is 0 Å². The van der Waals surface area contributed by atoms with Gasteiger partial charge < -0.3 is 8.99 Å². The predicted molar refractivity (Wildman–Crippen MR) is 53.9 cm³/mol. The molecule has 0 saturated carbocycles. The summed E-state index contributed by atoms with van der Waals surface area (Å²) >= 11 is 0. The fourth-order valence-electron chi connectivity index (χ4n) is 1.56. The summed E-state index contributed by atoms with van der Waals surface area (Å²) in [4.78, 5) is 0. The zero-order valence-electron chi connectivity index (χ0n) is 8.05. The largest absolute Gasteiger partial charge is 0.425 e. The van der Waals surface area contributed by atoms with Crippen molar-refractivity contribution in [2.45, 2.75) is 19.9 Å². The normalized spacial score (nSPS) is 33.0. The van der Waals surface area contributed by atoms with Gasteiger partial charge in [0.15, 0.2) is 9.28 Å². The Morgan fingerprint density at radius 1 is 1.45 bits per heavy atom. The van der Waals surface area contributed by atoms with Crippen molar-refractivity contribution in [2.24, 2.45) is 5.41 Å². The van der Waals surface area contributed by atoms with Crippen LogP contribution in [0.4, 0.5) is 0 Å². The molecule has 0 bridgehead atoms. The van der Waals surface area contributed by atoms with Crippen LogP contribution in [-0.4, -0.2) is 43.0 Å². The molecular weight excluding hydrogens is 170 g/mol. The van der Waals surface area contributed by atoms with Crippen LogP contribution >= 0.6 is 0 Å². The molecule has 1 heterocycles. The minimum Gasteiger partial charge on any atom is -0.425 e. The maximum Gasteiger partial charge on any atom is 0.164 e. The van der Waals surface area contributed by atoms with Gasteiger partial charge in [0.1, 0.15) is 8.48 Å². The summed E-state index contributed by atoms with van der Waals surface area (Å²) in [6, 6.07) is 1.45. The van der Waals surface area contributed by atoms with Crippen molar-refractivity contribution >= 4 is 17.8 Å². The van der Waals surface area contributed by atoms with Crippen LogP contribution in [0.25, 0.3) is 0 Å². The molecule has 1 rings (SSSR count). The molecule has 0 spiro atoms. The predicted octanol–water partition coefficient (Wildman–Crippen LogP) is -0.0913. The van der Waals surface area contributed by atoms with E-state index in [2.05, 4.69) is 32.5 Å². The van der Waals surface area contributed by atoms with Crippen LogP contribution in [0.5, 0.6) is 0 Å². The lowest BCUT2D eigenvalue weighted by atomic mass is 9.98. The highest BCUT2D eigenvalue weighted by Crippen LogP contribution is 2.26. The van der Waals surface area contributed by atoms with Gasteiger partial charge in [-0.05, 0) is 25.6 Å². The molecule has 4 heteroatoms. The number of hydrogen-bond donors (Lipinski definition) is 0. The summed E-state index contributed by atoms with van der Waals surface area (Å²) in [5.74, 6) is 0. The minimum absolute atomic E-state index is 0.129. The maximum absolute atomic E-state index is 5.72. The molecule has 1 saturated heterocycles. The van der Waals surface area contributed by atoms with Crippen LogP contribution in [0, 0.1) is 5.41 Å². The molecule has 0 N–H and O–H groups in total. The van der Waals surface area contributed by atoms with Gasteiger partial charge in [-0.3, -0.25) is 0 Å². The summed E-state index contributed by atoms with van der Waals surface area (Å²) in [6.07, 6.45) is 0. The molecule has 1 unspecified atom stereocenters. The summed E-state index contributed by atoms with van der Waals surface area (Å²) in [6.45, 7) is 5.66. The lowest BCUT2D eigenvalue weighted by molar-refractivity contribution is 0.195. The second-order valence-corrected chi connectivity index (χ2v) is 11.8. The van der Waals surface area contributed by atoms with Gasteiger partial charge in [0.25, 0.3) is 0 Å². The van der Waals surface area contributed by atoms with E-state index >= 15 is 0 Å². The highest BCUT2D eigenvalue weighted by Gasteiger charge is 2.31. The second-order valence-electron chi connectivity index (χ2n) is 4.50. The molecule has 1 atom stereocenters. The number of nitrogens with zero attached hydrogens (tertiary/aromatic N) is 1. The zero-order valence-corrected chi connectivity index (χ0v) is 10.6. The molecule has 0 aromatic heterocycles. The van der Waals surface area contributed by atoms with Crippen LogP contribution in [-0.2, 0) is 4.43 Å². The molecule has 0 aliphatic carbocycles. The highest BCUT2D eigenvalue weighted by atomic mass is 29.2. The second kappa shape index (κ2) is 3.39. The van der Waals surface area contributed by atoms with E-state index in [4.69, 9.17) is 4.43 Å². The molecule has 2 nitrogen and oxygen atoms in total. The first-order valence-electron chi connectivity index (χ1n) is 4.25. The first kappa shape index (κ1) is 9.44. The van der Waals surface area contributed by atoms with Crippen LogP contribution in [0.2, 0.25) is 6.04 Å². The molecule has 1 fully saturated rings. The standard InChI is InChI=1S/C7H19NOSi2/c1-7(2)5-9-10-11(6-7)8(3)4/h11H,5-6,10H2,1-4H3. The monoisotopic (exact) mass is 189 g/mol. The van der Waals surface area contributed by atoms with Crippen LogP contribution < -0.4 is 0 Å². The molecule has 1 aliphatic rings. The van der Waals surface area contributed by atoms with Crippen molar-refractivity contribution in [1.29, 1.82) is 0 Å². The SMILES string of the molecule is CN(C)[SiH]1CC(C)(C)CO[SiH2]1. The minimum atomic E-state index is -0.574. The number of rotatable bonds is 1. The molecule has 0 aromatic rings. The van der Waals surface area contributed by atoms with Gasteiger partial charge in [-0.1, -0.05) is 13.8 Å². The quantitative estimate of drug-likeness (QED) is 0.535. The first-order valence-corrected chi connectivity index (χ1v) is 9.43. The molecular formula is C7H19NOSi2. The molecule has 66 valence electrons. The van der Waals surface area contributed by atoms with Crippen molar-refractivity contribution in [3.05, 3.63) is 0 Å². The van der Waals surface area contributed by atoms with Crippen molar-refractivity contribution in [2.75, 3.05) is 20.7 Å². The maximum atomic E-state index is 5.72. The Bertz CT molecular complexity index is 138. The van der Waals surface area contributed by atoms with Crippen molar-refractivity contribution in [3.63, 3.8) is 0 Å². The van der Waals surface area contributed by atoms with E-state index in [0.717, 1.165) is 6.61 Å². The van der Waals surface area contributed by atoms with E-state index < -0.39 is 8.48 Å². The van der Waals surface area contributed by atoms with E-state index in [1.165, 1.54) is 6.04 Å². The lowest BCUT2D eigenvalue weighted by Gasteiger charge is -2.36. The average molecular weight is 189 g/mol. The third-order valence-corrected chi connectivity index (χ3v) is 11.1. The van der Waals surface area contributed by atoms with Crippen molar-refractivity contribution in [3.8, 4) is 0 Å². The smallest absolute Gasteiger partial charge is 0.164 e. The van der Waals surface area contributed by atoms with E-state index in [0.29, 0.717) is 5.41 Å². The number of hydrogen-bond acceptors (Lipinski definition) is 2. The van der Waals surface area contributed by atoms with E-state index in [1.807, 2.05) is 0 Å². The molecule has 0 radical (unpaired) electrons. The average Bonchev–Trinajstić information content (AvgIpc) is 1.85. The Kier molecular flexibility index (Phi) is 2.91. The Morgan fingerprint density at radius 2 is 2.09 bits per heavy atom. The summed E-state index contributed by atoms with van der Waals surface area (Å²) < 4.78 is 8.17. The fraction of sp³-hybridized carbons (Fsp3) is 1.00. The fourth-order valence-corrected chi connectivity index (χ4v) is 9.44. The van der Waals surface area contributed by atoms with Crippen molar-refractivity contribution < 1.29 is 4.43 Å². The van der Waals surface area contributed by atoms with Gasteiger partial charge in [-0.2, -0.15) is 0 Å². The Labute approximate surface area is 73.3 Å². The van der Waals surface area contributed by atoms with E-state index in [-0.39, 0.29) is 9.28 Å². The molecule has 11 heavy (non-hydrogen) atoms. The topological polar surface area (TPSA) is 12.5 Å². The third-order valence-electron chi connectivity index (χ3n) is 2.32. The van der Waals surface area contributed by atoms with Gasteiger partial charge >= 0.3 is 0 Å². The highest BCUT2D eigenvalue weighted by molar-refractivity contribution is 7.08.